The summed E-state index contributed by atoms with van der Waals surface area (Å²) >= 11 is 0. The van der Waals surface area contributed by atoms with Crippen LogP contribution in [0.3, 0.4) is 0 Å². The second kappa shape index (κ2) is 4.39. The number of aromatic nitrogens is 1. The first-order valence-corrected chi connectivity index (χ1v) is 6.15. The number of benzene rings is 1. The van der Waals surface area contributed by atoms with E-state index in [1.165, 1.54) is 5.56 Å². The number of hydrogen-bond acceptors (Lipinski definition) is 3. The van der Waals surface area contributed by atoms with Gasteiger partial charge in [0, 0.05) is 5.56 Å². The number of aryl methyl sites for hydroxylation is 2. The second-order valence-electron chi connectivity index (χ2n) is 4.70. The number of pyridine rings is 1. The number of carbonyl (C=O) groups excluding carboxylic acids is 1. The molecule has 0 unspecified atom stereocenters. The highest BCUT2D eigenvalue weighted by molar-refractivity contribution is 5.94. The van der Waals surface area contributed by atoms with Gasteiger partial charge in [0.25, 0.3) is 5.91 Å². The molecule has 4 heteroatoms. The Morgan fingerprint density at radius 2 is 2.05 bits per heavy atom. The topological polar surface area (TPSA) is 51.2 Å². The molecule has 0 aliphatic carbocycles. The lowest BCUT2D eigenvalue weighted by Crippen LogP contribution is -2.26. The van der Waals surface area contributed by atoms with Gasteiger partial charge >= 0.3 is 0 Å². The number of hydrogen-bond donors (Lipinski definition) is 1. The van der Waals surface area contributed by atoms with Gasteiger partial charge < -0.3 is 10.1 Å². The third kappa shape index (κ3) is 2.17. The van der Waals surface area contributed by atoms with E-state index in [4.69, 9.17) is 4.74 Å². The first-order chi connectivity index (χ1) is 9.13. The van der Waals surface area contributed by atoms with Crippen molar-refractivity contribution in [3.63, 3.8) is 0 Å². The summed E-state index contributed by atoms with van der Waals surface area (Å²) in [5, 5.41) is 2.73. The number of nitrogens with one attached hydrogen (secondary N) is 1. The average molecular weight is 254 g/mol. The second-order valence-corrected chi connectivity index (χ2v) is 4.70. The van der Waals surface area contributed by atoms with Crippen molar-refractivity contribution in [1.29, 1.82) is 0 Å². The Kier molecular flexibility index (Phi) is 2.71. The van der Waals surface area contributed by atoms with E-state index < -0.39 is 0 Å². The largest absolute Gasteiger partial charge is 0.480 e. The molecule has 1 amide bonds. The minimum absolute atomic E-state index is 0.0532. The lowest BCUT2D eigenvalue weighted by molar-refractivity contribution is -0.118. The number of carbonyl (C=O) groups is 1. The van der Waals surface area contributed by atoms with Crippen molar-refractivity contribution in [2.45, 2.75) is 13.8 Å². The summed E-state index contributed by atoms with van der Waals surface area (Å²) in [6.07, 6.45) is 0. The number of rotatable bonds is 1. The number of ether oxygens (including phenoxy) is 1. The van der Waals surface area contributed by atoms with Crippen LogP contribution in [0.1, 0.15) is 11.1 Å². The summed E-state index contributed by atoms with van der Waals surface area (Å²) in [6, 6.07) is 9.97. The van der Waals surface area contributed by atoms with Crippen molar-refractivity contribution in [1.82, 2.24) is 4.98 Å². The fourth-order valence-corrected chi connectivity index (χ4v) is 2.21. The normalized spacial score (nSPS) is 13.5. The molecule has 96 valence electrons. The van der Waals surface area contributed by atoms with E-state index in [0.717, 1.165) is 16.8 Å². The Labute approximate surface area is 111 Å². The SMILES string of the molecule is Cc1ccc(-c2ccc3c(n2)NC(=O)CO3)c(C)c1. The van der Waals surface area contributed by atoms with Crippen molar-refractivity contribution in [3.8, 4) is 17.0 Å². The van der Waals surface area contributed by atoms with Crippen molar-refractivity contribution >= 4 is 11.7 Å². The van der Waals surface area contributed by atoms with Crippen molar-refractivity contribution < 1.29 is 9.53 Å². The third-order valence-electron chi connectivity index (χ3n) is 3.13. The molecule has 4 nitrogen and oxygen atoms in total. The first-order valence-electron chi connectivity index (χ1n) is 6.15. The Balaban J connectivity index is 2.06. The predicted octanol–water partition coefficient (Wildman–Crippen LogP) is 2.70. The molecule has 1 N–H and O–H groups in total. The number of nitrogens with zero attached hydrogens (tertiary/aromatic N) is 1. The molecule has 0 bridgehead atoms. The zero-order valence-electron chi connectivity index (χ0n) is 10.9. The molecule has 19 heavy (non-hydrogen) atoms. The molecular formula is C15H14N2O2. The first kappa shape index (κ1) is 11.7. The van der Waals surface area contributed by atoms with Crippen LogP contribution < -0.4 is 10.1 Å². The fraction of sp³-hybridized carbons (Fsp3) is 0.200. The van der Waals surface area contributed by atoms with Crippen LogP contribution in [-0.4, -0.2) is 17.5 Å². The molecule has 1 aliphatic rings. The summed E-state index contributed by atoms with van der Waals surface area (Å²) in [5.41, 5.74) is 4.28. The Morgan fingerprint density at radius 1 is 1.21 bits per heavy atom. The molecule has 0 saturated heterocycles. The van der Waals surface area contributed by atoms with Gasteiger partial charge in [-0.3, -0.25) is 4.79 Å². The van der Waals surface area contributed by atoms with E-state index in [0.29, 0.717) is 11.6 Å². The highest BCUT2D eigenvalue weighted by Crippen LogP contribution is 2.30. The third-order valence-corrected chi connectivity index (χ3v) is 3.13. The molecule has 1 aromatic carbocycles. The molecule has 0 radical (unpaired) electrons. The monoisotopic (exact) mass is 254 g/mol. The highest BCUT2D eigenvalue weighted by atomic mass is 16.5. The molecule has 0 spiro atoms. The molecule has 1 aromatic heterocycles. The van der Waals surface area contributed by atoms with Gasteiger partial charge in [-0.1, -0.05) is 23.8 Å². The molecule has 0 saturated carbocycles. The molecule has 2 heterocycles. The van der Waals surface area contributed by atoms with Gasteiger partial charge in [-0.05, 0) is 31.5 Å². The average Bonchev–Trinajstić information content (AvgIpc) is 2.38. The van der Waals surface area contributed by atoms with E-state index in [1.54, 1.807) is 0 Å². The quantitative estimate of drug-likeness (QED) is 0.851. The minimum atomic E-state index is -0.169. The highest BCUT2D eigenvalue weighted by Gasteiger charge is 2.18. The predicted molar refractivity (Wildman–Crippen MR) is 73.3 cm³/mol. The van der Waals surface area contributed by atoms with Crippen LogP contribution in [-0.2, 0) is 4.79 Å². The van der Waals surface area contributed by atoms with Gasteiger partial charge in [-0.15, -0.1) is 0 Å². The van der Waals surface area contributed by atoms with Gasteiger partial charge in [0.2, 0.25) is 0 Å². The van der Waals surface area contributed by atoms with Gasteiger partial charge in [0.15, 0.2) is 18.2 Å². The summed E-state index contributed by atoms with van der Waals surface area (Å²) in [6.45, 7) is 4.17. The standard InChI is InChI=1S/C15H14N2O2/c1-9-3-4-11(10(2)7-9)12-5-6-13-15(16-12)17-14(18)8-19-13/h3-7H,8H2,1-2H3,(H,16,17,18). The summed E-state index contributed by atoms with van der Waals surface area (Å²) in [4.78, 5) is 15.8. The molecular weight excluding hydrogens is 240 g/mol. The van der Waals surface area contributed by atoms with Crippen LogP contribution in [0.4, 0.5) is 5.82 Å². The zero-order chi connectivity index (χ0) is 13.4. The van der Waals surface area contributed by atoms with E-state index in [-0.39, 0.29) is 12.5 Å². The number of fused-ring (bicyclic) bond motifs is 1. The number of amides is 1. The molecule has 1 aliphatic heterocycles. The maximum absolute atomic E-state index is 11.3. The smallest absolute Gasteiger partial charge is 0.263 e. The zero-order valence-corrected chi connectivity index (χ0v) is 10.9. The van der Waals surface area contributed by atoms with Crippen LogP contribution in [0.25, 0.3) is 11.3 Å². The fourth-order valence-electron chi connectivity index (χ4n) is 2.21. The number of anilines is 1. The molecule has 0 fully saturated rings. The van der Waals surface area contributed by atoms with Crippen LogP contribution >= 0.6 is 0 Å². The van der Waals surface area contributed by atoms with E-state index in [2.05, 4.69) is 36.3 Å². The lowest BCUT2D eigenvalue weighted by Gasteiger charge is -2.17. The Hall–Kier alpha value is -2.36. The Bertz CT molecular complexity index is 665. The lowest BCUT2D eigenvalue weighted by atomic mass is 10.0. The Morgan fingerprint density at radius 3 is 2.84 bits per heavy atom. The van der Waals surface area contributed by atoms with Crippen LogP contribution in [0.5, 0.6) is 5.75 Å². The van der Waals surface area contributed by atoms with Crippen molar-refractivity contribution in [2.24, 2.45) is 0 Å². The van der Waals surface area contributed by atoms with Crippen molar-refractivity contribution in [2.75, 3.05) is 11.9 Å². The molecule has 0 atom stereocenters. The van der Waals surface area contributed by atoms with Gasteiger partial charge in [0.05, 0.1) is 5.69 Å². The summed E-state index contributed by atoms with van der Waals surface area (Å²) in [5.74, 6) is 0.944. The maximum Gasteiger partial charge on any atom is 0.263 e. The molecule has 3 rings (SSSR count). The minimum Gasteiger partial charge on any atom is -0.480 e. The van der Waals surface area contributed by atoms with E-state index in [1.807, 2.05) is 18.2 Å². The van der Waals surface area contributed by atoms with Gasteiger partial charge in [0.1, 0.15) is 0 Å². The van der Waals surface area contributed by atoms with E-state index in [9.17, 15) is 4.79 Å². The summed E-state index contributed by atoms with van der Waals surface area (Å²) < 4.78 is 5.30. The van der Waals surface area contributed by atoms with Crippen LogP contribution in [0.2, 0.25) is 0 Å². The van der Waals surface area contributed by atoms with Gasteiger partial charge in [-0.2, -0.15) is 0 Å². The van der Waals surface area contributed by atoms with Crippen LogP contribution in [0, 0.1) is 13.8 Å². The summed E-state index contributed by atoms with van der Waals surface area (Å²) in [7, 11) is 0. The van der Waals surface area contributed by atoms with E-state index >= 15 is 0 Å². The molecule has 2 aromatic rings. The van der Waals surface area contributed by atoms with Crippen LogP contribution in [0.15, 0.2) is 30.3 Å². The van der Waals surface area contributed by atoms with Crippen molar-refractivity contribution in [3.05, 3.63) is 41.5 Å². The maximum atomic E-state index is 11.3. The van der Waals surface area contributed by atoms with Gasteiger partial charge in [-0.25, -0.2) is 4.98 Å².